The summed E-state index contributed by atoms with van der Waals surface area (Å²) in [6.45, 7) is 3.97. The topological polar surface area (TPSA) is 72.3 Å². The van der Waals surface area contributed by atoms with Crippen molar-refractivity contribution in [2.24, 2.45) is 10.2 Å². The van der Waals surface area contributed by atoms with E-state index in [4.69, 9.17) is 9.47 Å². The molecule has 1 saturated heterocycles. The molecule has 146 valence electrons. The highest BCUT2D eigenvalue weighted by atomic mass is 32.2. The summed E-state index contributed by atoms with van der Waals surface area (Å²) in [7, 11) is 1.63. The summed E-state index contributed by atoms with van der Waals surface area (Å²) in [6.07, 6.45) is 2.41. The molecule has 0 bridgehead atoms. The number of ether oxygens (including phenoxy) is 2. The maximum absolute atomic E-state index is 12.2. The number of hydrogen-bond acceptors (Lipinski definition) is 6. The fourth-order valence-electron chi connectivity index (χ4n) is 2.61. The van der Waals surface area contributed by atoms with E-state index in [1.165, 1.54) is 11.8 Å². The molecule has 0 aliphatic carbocycles. The van der Waals surface area contributed by atoms with E-state index in [-0.39, 0.29) is 17.3 Å². The number of amides is 1. The van der Waals surface area contributed by atoms with Gasteiger partial charge in [0.2, 0.25) is 5.91 Å². The number of hydrogen-bond donors (Lipinski definition) is 1. The molecule has 2 aromatic carbocycles. The van der Waals surface area contributed by atoms with Crippen LogP contribution < -0.4 is 14.8 Å². The first kappa shape index (κ1) is 19.9. The summed E-state index contributed by atoms with van der Waals surface area (Å²) in [5, 5.41) is 11.3. The number of nitrogens with one attached hydrogen (secondary N) is 1. The van der Waals surface area contributed by atoms with E-state index in [1.54, 1.807) is 13.3 Å². The third kappa shape index (κ3) is 5.60. The Hall–Kier alpha value is -2.80. The molecular weight excluding hydrogens is 374 g/mol. The summed E-state index contributed by atoms with van der Waals surface area (Å²) in [5.74, 6) is 1.57. The standard InChI is InChI=1S/C21H23N3O3S/c1-14(2)27-18-10-6-16(7-11-18)13-22-24-21-23-20(25)19(28-21)12-15-4-8-17(26-3)9-5-15/h4-11,13-14,19H,12H2,1-3H3,(H,23,24,25)/b22-13+. The van der Waals surface area contributed by atoms with Gasteiger partial charge in [0.1, 0.15) is 11.5 Å². The SMILES string of the molecule is COc1ccc(CC2S/C(=N/N=C/c3ccc(OC(C)C)cc3)NC2=O)cc1. The molecule has 6 nitrogen and oxygen atoms in total. The van der Waals surface area contributed by atoms with Crippen molar-refractivity contribution in [3.8, 4) is 11.5 Å². The number of carbonyl (C=O) groups excluding carboxylic acids is 1. The van der Waals surface area contributed by atoms with E-state index in [2.05, 4.69) is 15.5 Å². The predicted molar refractivity (Wildman–Crippen MR) is 113 cm³/mol. The molecule has 0 saturated carbocycles. The molecule has 28 heavy (non-hydrogen) atoms. The molecular formula is C21H23N3O3S. The number of thioether (sulfide) groups is 1. The normalized spacial score (nSPS) is 18.1. The molecule has 0 aromatic heterocycles. The Labute approximate surface area is 169 Å². The fourth-order valence-corrected chi connectivity index (χ4v) is 3.58. The molecule has 3 rings (SSSR count). The van der Waals surface area contributed by atoms with Crippen LogP contribution in [0.2, 0.25) is 0 Å². The van der Waals surface area contributed by atoms with Crippen molar-refractivity contribution >= 4 is 29.1 Å². The lowest BCUT2D eigenvalue weighted by molar-refractivity contribution is -0.118. The Kier molecular flexibility index (Phi) is 6.71. The molecule has 7 heteroatoms. The van der Waals surface area contributed by atoms with E-state index >= 15 is 0 Å². The predicted octanol–water partition coefficient (Wildman–Crippen LogP) is 3.65. The second-order valence-electron chi connectivity index (χ2n) is 6.53. The highest BCUT2D eigenvalue weighted by Crippen LogP contribution is 2.24. The van der Waals surface area contributed by atoms with E-state index < -0.39 is 0 Å². The maximum atomic E-state index is 12.2. The van der Waals surface area contributed by atoms with Crippen LogP contribution in [0.3, 0.4) is 0 Å². The lowest BCUT2D eigenvalue weighted by atomic mass is 10.1. The molecule has 1 heterocycles. The van der Waals surface area contributed by atoms with Crippen molar-refractivity contribution < 1.29 is 14.3 Å². The van der Waals surface area contributed by atoms with Crippen molar-refractivity contribution in [3.05, 3.63) is 59.7 Å². The minimum absolute atomic E-state index is 0.0510. The van der Waals surface area contributed by atoms with Gasteiger partial charge in [-0.2, -0.15) is 5.10 Å². The van der Waals surface area contributed by atoms with Gasteiger partial charge in [0.25, 0.3) is 0 Å². The minimum atomic E-state index is -0.213. The molecule has 1 atom stereocenters. The van der Waals surface area contributed by atoms with E-state index in [0.29, 0.717) is 11.6 Å². The Bertz CT molecular complexity index is 861. The average Bonchev–Trinajstić information content (AvgIpc) is 3.02. The van der Waals surface area contributed by atoms with Gasteiger partial charge in [0.15, 0.2) is 5.17 Å². The number of methoxy groups -OCH3 is 1. The zero-order valence-electron chi connectivity index (χ0n) is 16.1. The van der Waals surface area contributed by atoms with Gasteiger partial charge < -0.3 is 14.8 Å². The van der Waals surface area contributed by atoms with Crippen molar-refractivity contribution in [2.45, 2.75) is 31.6 Å². The Morgan fingerprint density at radius 2 is 1.79 bits per heavy atom. The first-order chi connectivity index (χ1) is 13.5. The van der Waals surface area contributed by atoms with Gasteiger partial charge in [-0.15, -0.1) is 5.10 Å². The number of carbonyl (C=O) groups is 1. The van der Waals surface area contributed by atoms with Crippen LogP contribution in [0, 0.1) is 0 Å². The van der Waals surface area contributed by atoms with Gasteiger partial charge in [-0.25, -0.2) is 0 Å². The lowest BCUT2D eigenvalue weighted by Crippen LogP contribution is -2.25. The molecule has 1 aliphatic rings. The summed E-state index contributed by atoms with van der Waals surface area (Å²) < 4.78 is 10.8. The Morgan fingerprint density at radius 1 is 1.11 bits per heavy atom. The van der Waals surface area contributed by atoms with Gasteiger partial charge in [-0.05, 0) is 67.8 Å². The van der Waals surface area contributed by atoms with Crippen molar-refractivity contribution in [2.75, 3.05) is 7.11 Å². The number of amidine groups is 1. The molecule has 1 N–H and O–H groups in total. The van der Waals surface area contributed by atoms with Gasteiger partial charge in [-0.3, -0.25) is 4.79 Å². The molecule has 2 aromatic rings. The smallest absolute Gasteiger partial charge is 0.239 e. The summed E-state index contributed by atoms with van der Waals surface area (Å²) in [5.41, 5.74) is 1.98. The van der Waals surface area contributed by atoms with Gasteiger partial charge in [-0.1, -0.05) is 23.9 Å². The van der Waals surface area contributed by atoms with Crippen LogP contribution >= 0.6 is 11.8 Å². The second kappa shape index (κ2) is 9.41. The third-order valence-electron chi connectivity index (χ3n) is 3.96. The van der Waals surface area contributed by atoms with Crippen LogP contribution in [-0.2, 0) is 11.2 Å². The van der Waals surface area contributed by atoms with Gasteiger partial charge in [0.05, 0.1) is 24.7 Å². The lowest BCUT2D eigenvalue weighted by Gasteiger charge is -2.08. The van der Waals surface area contributed by atoms with Crippen molar-refractivity contribution in [1.29, 1.82) is 0 Å². The van der Waals surface area contributed by atoms with Crippen LogP contribution in [0.15, 0.2) is 58.7 Å². The first-order valence-corrected chi connectivity index (χ1v) is 9.89. The number of rotatable bonds is 7. The monoisotopic (exact) mass is 397 g/mol. The zero-order chi connectivity index (χ0) is 19.9. The van der Waals surface area contributed by atoms with Crippen LogP contribution in [0.5, 0.6) is 11.5 Å². The van der Waals surface area contributed by atoms with E-state index in [1.807, 2.05) is 62.4 Å². The van der Waals surface area contributed by atoms with Crippen LogP contribution in [0.1, 0.15) is 25.0 Å². The highest BCUT2D eigenvalue weighted by Gasteiger charge is 2.30. The van der Waals surface area contributed by atoms with Crippen LogP contribution in [-0.4, -0.2) is 35.8 Å². The number of benzene rings is 2. The number of nitrogens with zero attached hydrogens (tertiary/aromatic N) is 2. The zero-order valence-corrected chi connectivity index (χ0v) is 16.9. The van der Waals surface area contributed by atoms with Crippen LogP contribution in [0.25, 0.3) is 0 Å². The van der Waals surface area contributed by atoms with E-state index in [0.717, 1.165) is 22.6 Å². The molecule has 0 spiro atoms. The maximum Gasteiger partial charge on any atom is 0.239 e. The van der Waals surface area contributed by atoms with Gasteiger partial charge in [0, 0.05) is 0 Å². The first-order valence-electron chi connectivity index (χ1n) is 9.01. The Morgan fingerprint density at radius 3 is 2.43 bits per heavy atom. The largest absolute Gasteiger partial charge is 0.497 e. The van der Waals surface area contributed by atoms with Gasteiger partial charge >= 0.3 is 0 Å². The molecule has 1 fully saturated rings. The van der Waals surface area contributed by atoms with Crippen molar-refractivity contribution in [3.63, 3.8) is 0 Å². The fraction of sp³-hybridized carbons (Fsp3) is 0.286. The summed E-state index contributed by atoms with van der Waals surface area (Å²) in [6, 6.07) is 15.3. The quantitative estimate of drug-likeness (QED) is 0.572. The molecule has 1 aliphatic heterocycles. The highest BCUT2D eigenvalue weighted by molar-refractivity contribution is 8.15. The minimum Gasteiger partial charge on any atom is -0.497 e. The summed E-state index contributed by atoms with van der Waals surface area (Å²) in [4.78, 5) is 12.2. The second-order valence-corrected chi connectivity index (χ2v) is 7.72. The molecule has 1 amide bonds. The van der Waals surface area contributed by atoms with Crippen LogP contribution in [0.4, 0.5) is 0 Å². The van der Waals surface area contributed by atoms with E-state index in [9.17, 15) is 4.79 Å². The third-order valence-corrected chi connectivity index (χ3v) is 5.04. The average molecular weight is 398 g/mol. The molecule has 1 unspecified atom stereocenters. The van der Waals surface area contributed by atoms with Crippen molar-refractivity contribution in [1.82, 2.24) is 5.32 Å². The summed E-state index contributed by atoms with van der Waals surface area (Å²) >= 11 is 1.39. The molecule has 0 radical (unpaired) electrons. The Balaban J connectivity index is 1.56.